The van der Waals surface area contributed by atoms with Crippen LogP contribution in [-0.2, 0) is 17.7 Å². The number of thiophene rings is 1. The zero-order chi connectivity index (χ0) is 13.7. The molecule has 0 radical (unpaired) electrons. The third kappa shape index (κ3) is 4.88. The predicted octanol–water partition coefficient (Wildman–Crippen LogP) is 2.53. The third-order valence-electron chi connectivity index (χ3n) is 3.38. The van der Waals surface area contributed by atoms with Crippen molar-refractivity contribution in [1.82, 2.24) is 4.90 Å². The fourth-order valence-corrected chi connectivity index (χ4v) is 3.76. The molecular weight excluding hydrogens is 258 g/mol. The Morgan fingerprint density at radius 3 is 2.95 bits per heavy atom. The summed E-state index contributed by atoms with van der Waals surface area (Å²) in [5.74, 6) is 0.726. The van der Waals surface area contributed by atoms with Gasteiger partial charge < -0.3 is 9.84 Å². The summed E-state index contributed by atoms with van der Waals surface area (Å²) in [6, 6.07) is 4.53. The van der Waals surface area contributed by atoms with Crippen LogP contribution in [0, 0.1) is 5.92 Å². The maximum absolute atomic E-state index is 8.99. The molecule has 0 saturated carbocycles. The van der Waals surface area contributed by atoms with Crippen LogP contribution in [-0.4, -0.2) is 42.4 Å². The molecule has 1 aromatic heterocycles. The fourth-order valence-electron chi connectivity index (χ4n) is 2.48. The lowest BCUT2D eigenvalue weighted by atomic mass is 10.1. The zero-order valence-corrected chi connectivity index (χ0v) is 12.8. The molecule has 0 aliphatic carbocycles. The molecule has 108 valence electrons. The Morgan fingerprint density at radius 2 is 2.21 bits per heavy atom. The quantitative estimate of drug-likeness (QED) is 0.871. The Labute approximate surface area is 120 Å². The van der Waals surface area contributed by atoms with Crippen LogP contribution in [0.1, 0.15) is 30.0 Å². The number of hydrogen-bond donors (Lipinski definition) is 1. The summed E-state index contributed by atoms with van der Waals surface area (Å²) in [5.41, 5.74) is 0. The highest BCUT2D eigenvalue weighted by atomic mass is 32.1. The van der Waals surface area contributed by atoms with Crippen molar-refractivity contribution in [2.45, 2.75) is 39.3 Å². The van der Waals surface area contributed by atoms with Crippen LogP contribution in [0.4, 0.5) is 0 Å². The summed E-state index contributed by atoms with van der Waals surface area (Å²) in [5, 5.41) is 8.99. The van der Waals surface area contributed by atoms with Gasteiger partial charge in [-0.2, -0.15) is 0 Å². The van der Waals surface area contributed by atoms with Gasteiger partial charge in [-0.1, -0.05) is 13.8 Å². The van der Waals surface area contributed by atoms with Gasteiger partial charge in [0.2, 0.25) is 0 Å². The largest absolute Gasteiger partial charge is 0.396 e. The first-order chi connectivity index (χ1) is 9.17. The standard InChI is InChI=1S/C15H25NO2S/c1-12(2)9-14-3-4-15(19-14)11-16-6-8-18-13(10-16)5-7-17/h3-4,12-13,17H,5-11H2,1-2H3/t13-/m1/s1. The molecule has 1 aliphatic rings. The lowest BCUT2D eigenvalue weighted by molar-refractivity contribution is -0.0404. The second kappa shape index (κ2) is 7.39. The number of aliphatic hydroxyl groups is 1. The van der Waals surface area contributed by atoms with Crippen molar-refractivity contribution in [3.05, 3.63) is 21.9 Å². The summed E-state index contributed by atoms with van der Waals surface area (Å²) >= 11 is 1.94. The van der Waals surface area contributed by atoms with Gasteiger partial charge in [0.15, 0.2) is 0 Å². The van der Waals surface area contributed by atoms with Gasteiger partial charge in [0.25, 0.3) is 0 Å². The number of hydrogen-bond acceptors (Lipinski definition) is 4. The topological polar surface area (TPSA) is 32.7 Å². The van der Waals surface area contributed by atoms with E-state index in [2.05, 4.69) is 30.9 Å². The smallest absolute Gasteiger partial charge is 0.0724 e. The molecule has 1 aromatic rings. The molecule has 0 amide bonds. The maximum atomic E-state index is 8.99. The van der Waals surface area contributed by atoms with Crippen molar-refractivity contribution in [2.24, 2.45) is 5.92 Å². The van der Waals surface area contributed by atoms with Crippen molar-refractivity contribution in [3.63, 3.8) is 0 Å². The lowest BCUT2D eigenvalue weighted by Gasteiger charge is -2.32. The van der Waals surface area contributed by atoms with Crippen LogP contribution in [0.2, 0.25) is 0 Å². The van der Waals surface area contributed by atoms with Crippen LogP contribution >= 0.6 is 11.3 Å². The van der Waals surface area contributed by atoms with Gasteiger partial charge in [0, 0.05) is 36.0 Å². The first-order valence-corrected chi connectivity index (χ1v) is 8.01. The molecule has 3 nitrogen and oxygen atoms in total. The number of aliphatic hydroxyl groups excluding tert-OH is 1. The van der Waals surface area contributed by atoms with E-state index in [1.54, 1.807) is 0 Å². The van der Waals surface area contributed by atoms with E-state index in [4.69, 9.17) is 9.84 Å². The molecule has 1 atom stereocenters. The van der Waals surface area contributed by atoms with Crippen LogP contribution in [0.3, 0.4) is 0 Å². The van der Waals surface area contributed by atoms with E-state index in [9.17, 15) is 0 Å². The van der Waals surface area contributed by atoms with Crippen LogP contribution in [0.25, 0.3) is 0 Å². The molecular formula is C15H25NO2S. The first-order valence-electron chi connectivity index (χ1n) is 7.19. The van der Waals surface area contributed by atoms with E-state index < -0.39 is 0 Å². The van der Waals surface area contributed by atoms with Gasteiger partial charge in [-0.05, 0) is 30.9 Å². The summed E-state index contributed by atoms with van der Waals surface area (Å²) in [6.07, 6.45) is 2.13. The van der Waals surface area contributed by atoms with E-state index >= 15 is 0 Å². The second-order valence-electron chi connectivity index (χ2n) is 5.71. The molecule has 0 aromatic carbocycles. The van der Waals surface area contributed by atoms with Gasteiger partial charge in [-0.25, -0.2) is 0 Å². The Bertz CT molecular complexity index is 376. The summed E-state index contributed by atoms with van der Waals surface area (Å²) in [6.45, 7) is 8.50. The van der Waals surface area contributed by atoms with Crippen LogP contribution in [0.5, 0.6) is 0 Å². The maximum Gasteiger partial charge on any atom is 0.0724 e. The van der Waals surface area contributed by atoms with E-state index in [0.717, 1.165) is 38.6 Å². The monoisotopic (exact) mass is 283 g/mol. The minimum absolute atomic E-state index is 0.203. The van der Waals surface area contributed by atoms with E-state index in [1.165, 1.54) is 16.2 Å². The number of ether oxygens (including phenoxy) is 1. The average Bonchev–Trinajstić information content (AvgIpc) is 2.76. The van der Waals surface area contributed by atoms with E-state index in [1.807, 2.05) is 11.3 Å². The molecule has 2 heterocycles. The molecule has 19 heavy (non-hydrogen) atoms. The fraction of sp³-hybridized carbons (Fsp3) is 0.733. The molecule has 1 saturated heterocycles. The highest BCUT2D eigenvalue weighted by molar-refractivity contribution is 7.11. The number of rotatable bonds is 6. The van der Waals surface area contributed by atoms with E-state index in [-0.39, 0.29) is 12.7 Å². The lowest BCUT2D eigenvalue weighted by Crippen LogP contribution is -2.42. The molecule has 0 bridgehead atoms. The van der Waals surface area contributed by atoms with Gasteiger partial charge in [-0.3, -0.25) is 4.90 Å². The SMILES string of the molecule is CC(C)Cc1ccc(CN2CCO[C@H](CCO)C2)s1. The highest BCUT2D eigenvalue weighted by Gasteiger charge is 2.20. The number of morpholine rings is 1. The second-order valence-corrected chi connectivity index (χ2v) is 6.96. The molecule has 1 aliphatic heterocycles. The molecule has 4 heteroatoms. The van der Waals surface area contributed by atoms with Crippen molar-refractivity contribution >= 4 is 11.3 Å². The molecule has 0 spiro atoms. The van der Waals surface area contributed by atoms with Crippen molar-refractivity contribution in [2.75, 3.05) is 26.3 Å². The van der Waals surface area contributed by atoms with Crippen molar-refractivity contribution in [1.29, 1.82) is 0 Å². The highest BCUT2D eigenvalue weighted by Crippen LogP contribution is 2.22. The van der Waals surface area contributed by atoms with Crippen LogP contribution < -0.4 is 0 Å². The third-order valence-corrected chi connectivity index (χ3v) is 4.47. The average molecular weight is 283 g/mol. The van der Waals surface area contributed by atoms with Crippen LogP contribution in [0.15, 0.2) is 12.1 Å². The Kier molecular flexibility index (Phi) is 5.82. The molecule has 2 rings (SSSR count). The summed E-state index contributed by atoms with van der Waals surface area (Å²) in [7, 11) is 0. The Balaban J connectivity index is 1.84. The Morgan fingerprint density at radius 1 is 1.42 bits per heavy atom. The van der Waals surface area contributed by atoms with Crippen molar-refractivity contribution < 1.29 is 9.84 Å². The molecule has 0 unspecified atom stereocenters. The minimum Gasteiger partial charge on any atom is -0.396 e. The zero-order valence-electron chi connectivity index (χ0n) is 12.0. The van der Waals surface area contributed by atoms with E-state index in [0.29, 0.717) is 0 Å². The molecule has 1 fully saturated rings. The van der Waals surface area contributed by atoms with Gasteiger partial charge in [0.1, 0.15) is 0 Å². The van der Waals surface area contributed by atoms with Gasteiger partial charge >= 0.3 is 0 Å². The van der Waals surface area contributed by atoms with Crippen molar-refractivity contribution in [3.8, 4) is 0 Å². The summed E-state index contributed by atoms with van der Waals surface area (Å²) in [4.78, 5) is 5.37. The van der Waals surface area contributed by atoms with Gasteiger partial charge in [-0.15, -0.1) is 11.3 Å². The van der Waals surface area contributed by atoms with Gasteiger partial charge in [0.05, 0.1) is 12.7 Å². The normalized spacial score (nSPS) is 21.2. The predicted molar refractivity (Wildman–Crippen MR) is 79.6 cm³/mol. The first kappa shape index (κ1) is 15.0. The molecule has 1 N–H and O–H groups in total. The Hall–Kier alpha value is -0.420. The minimum atomic E-state index is 0.203. The number of nitrogens with zero attached hydrogens (tertiary/aromatic N) is 1. The summed E-state index contributed by atoms with van der Waals surface area (Å²) < 4.78 is 5.65.